The number of nitriles is 1. The lowest BCUT2D eigenvalue weighted by atomic mass is 10.2. The average molecular weight is 244 g/mol. The van der Waals surface area contributed by atoms with Gasteiger partial charge in [-0.15, -0.1) is 10.2 Å². The Morgan fingerprint density at radius 1 is 1.41 bits per heavy atom. The lowest BCUT2D eigenvalue weighted by Gasteiger charge is -2.09. The van der Waals surface area contributed by atoms with Gasteiger partial charge in [0.05, 0.1) is 17.0 Å². The van der Waals surface area contributed by atoms with E-state index in [1.807, 2.05) is 42.7 Å². The molecule has 0 saturated carbocycles. The van der Waals surface area contributed by atoms with E-state index in [-0.39, 0.29) is 5.25 Å². The molecule has 86 valence electrons. The number of aromatic nitrogens is 3. The number of hydrogen-bond donors (Lipinski definition) is 0. The normalized spacial score (nSPS) is 12.1. The zero-order chi connectivity index (χ0) is 12.3. The number of thioether (sulfide) groups is 1. The fourth-order valence-electron chi connectivity index (χ4n) is 1.49. The number of hydrogen-bond acceptors (Lipinski definition) is 4. The van der Waals surface area contributed by atoms with Crippen LogP contribution in [0.5, 0.6) is 0 Å². The Hall–Kier alpha value is -1.80. The molecule has 0 N–H and O–H groups in total. The van der Waals surface area contributed by atoms with Gasteiger partial charge < -0.3 is 0 Å². The minimum atomic E-state index is -0.137. The van der Waals surface area contributed by atoms with Gasteiger partial charge >= 0.3 is 0 Å². The molecular weight excluding hydrogens is 232 g/mol. The summed E-state index contributed by atoms with van der Waals surface area (Å²) in [5, 5.41) is 17.4. The van der Waals surface area contributed by atoms with Crippen LogP contribution in [-0.2, 0) is 0 Å². The van der Waals surface area contributed by atoms with Gasteiger partial charge in [0, 0.05) is 0 Å². The van der Waals surface area contributed by atoms with Crippen LogP contribution in [0.25, 0.3) is 5.69 Å². The van der Waals surface area contributed by atoms with Crippen molar-refractivity contribution in [2.24, 2.45) is 0 Å². The monoisotopic (exact) mass is 244 g/mol. The van der Waals surface area contributed by atoms with Gasteiger partial charge in [-0.25, -0.2) is 0 Å². The van der Waals surface area contributed by atoms with Crippen molar-refractivity contribution in [2.75, 3.05) is 0 Å². The van der Waals surface area contributed by atoms with Crippen LogP contribution in [0, 0.1) is 18.3 Å². The van der Waals surface area contributed by atoms with E-state index in [9.17, 15) is 0 Å². The van der Waals surface area contributed by atoms with Gasteiger partial charge in [-0.3, -0.25) is 4.57 Å². The fourth-order valence-corrected chi connectivity index (χ4v) is 2.21. The lowest BCUT2D eigenvalue weighted by molar-refractivity contribution is 0.875. The summed E-state index contributed by atoms with van der Waals surface area (Å²) in [4.78, 5) is 0. The molecule has 1 heterocycles. The molecule has 0 fully saturated rings. The van der Waals surface area contributed by atoms with Gasteiger partial charge in [0.15, 0.2) is 5.16 Å². The van der Waals surface area contributed by atoms with Crippen molar-refractivity contribution in [3.05, 3.63) is 36.2 Å². The Kier molecular flexibility index (Phi) is 3.45. The first kappa shape index (κ1) is 11.7. The molecular formula is C12H12N4S. The molecule has 17 heavy (non-hydrogen) atoms. The minimum absolute atomic E-state index is 0.137. The molecule has 0 aliphatic heterocycles. The third-order valence-corrected chi connectivity index (χ3v) is 3.30. The molecule has 1 atom stereocenters. The highest BCUT2D eigenvalue weighted by atomic mass is 32.2. The molecule has 1 unspecified atom stereocenters. The molecule has 1 aromatic heterocycles. The summed E-state index contributed by atoms with van der Waals surface area (Å²) in [5.74, 6) is 0. The lowest BCUT2D eigenvalue weighted by Crippen LogP contribution is -2.00. The van der Waals surface area contributed by atoms with Crippen LogP contribution >= 0.6 is 11.8 Å². The summed E-state index contributed by atoms with van der Waals surface area (Å²) >= 11 is 1.41. The van der Waals surface area contributed by atoms with E-state index in [1.165, 1.54) is 11.8 Å². The number of rotatable bonds is 3. The Balaban J connectivity index is 2.38. The predicted molar refractivity (Wildman–Crippen MR) is 67.0 cm³/mol. The summed E-state index contributed by atoms with van der Waals surface area (Å²) in [7, 11) is 0. The summed E-state index contributed by atoms with van der Waals surface area (Å²) in [6.07, 6.45) is 1.68. The quantitative estimate of drug-likeness (QED) is 0.779. The number of benzene rings is 1. The van der Waals surface area contributed by atoms with Gasteiger partial charge in [0.1, 0.15) is 6.33 Å². The zero-order valence-corrected chi connectivity index (χ0v) is 10.5. The molecule has 0 amide bonds. The molecule has 2 aromatic rings. The van der Waals surface area contributed by atoms with Crippen LogP contribution in [-0.4, -0.2) is 20.0 Å². The molecule has 0 bridgehead atoms. The largest absolute Gasteiger partial charge is 0.276 e. The van der Waals surface area contributed by atoms with Crippen molar-refractivity contribution >= 4 is 11.8 Å². The van der Waals surface area contributed by atoms with Gasteiger partial charge in [-0.2, -0.15) is 5.26 Å². The Labute approximate surface area is 104 Å². The van der Waals surface area contributed by atoms with E-state index in [0.717, 1.165) is 16.4 Å². The van der Waals surface area contributed by atoms with Crippen LogP contribution in [0.2, 0.25) is 0 Å². The van der Waals surface area contributed by atoms with Crippen molar-refractivity contribution in [1.82, 2.24) is 14.8 Å². The third-order valence-electron chi connectivity index (χ3n) is 2.36. The van der Waals surface area contributed by atoms with Crippen LogP contribution < -0.4 is 0 Å². The van der Waals surface area contributed by atoms with Crippen molar-refractivity contribution in [3.63, 3.8) is 0 Å². The van der Waals surface area contributed by atoms with Crippen molar-refractivity contribution in [1.29, 1.82) is 5.26 Å². The van der Waals surface area contributed by atoms with E-state index >= 15 is 0 Å². The standard InChI is InChI=1S/C12H12N4S/c1-9-5-3-4-6-11(9)16-8-14-15-12(16)17-10(2)7-13/h3-6,8,10H,1-2H3. The van der Waals surface area contributed by atoms with Gasteiger partial charge in [-0.05, 0) is 25.5 Å². The average Bonchev–Trinajstić information content (AvgIpc) is 2.77. The second-order valence-electron chi connectivity index (χ2n) is 3.66. The molecule has 0 saturated heterocycles. The van der Waals surface area contributed by atoms with Crippen molar-refractivity contribution in [3.8, 4) is 11.8 Å². The Morgan fingerprint density at radius 3 is 2.88 bits per heavy atom. The molecule has 4 nitrogen and oxygen atoms in total. The molecule has 2 rings (SSSR count). The van der Waals surface area contributed by atoms with E-state index < -0.39 is 0 Å². The SMILES string of the molecule is Cc1ccccc1-n1cnnc1SC(C)C#N. The molecule has 0 aliphatic carbocycles. The smallest absolute Gasteiger partial charge is 0.196 e. The summed E-state index contributed by atoms with van der Waals surface area (Å²) in [5.41, 5.74) is 2.20. The van der Waals surface area contributed by atoms with Crippen LogP contribution in [0.3, 0.4) is 0 Å². The summed E-state index contributed by atoms with van der Waals surface area (Å²) < 4.78 is 1.91. The highest BCUT2D eigenvalue weighted by Crippen LogP contribution is 2.24. The second kappa shape index (κ2) is 5.02. The van der Waals surface area contributed by atoms with Crippen molar-refractivity contribution in [2.45, 2.75) is 24.3 Å². The fraction of sp³-hybridized carbons (Fsp3) is 0.250. The van der Waals surface area contributed by atoms with E-state index in [0.29, 0.717) is 0 Å². The Morgan fingerprint density at radius 2 is 2.18 bits per heavy atom. The predicted octanol–water partition coefficient (Wildman–Crippen LogP) is 2.58. The Bertz CT molecular complexity index is 556. The van der Waals surface area contributed by atoms with Gasteiger partial charge in [0.25, 0.3) is 0 Å². The first-order chi connectivity index (χ1) is 8.22. The molecule has 1 aromatic carbocycles. The van der Waals surface area contributed by atoms with Crippen LogP contribution in [0.15, 0.2) is 35.7 Å². The maximum atomic E-state index is 8.82. The van der Waals surface area contributed by atoms with E-state index in [1.54, 1.807) is 6.33 Å². The van der Waals surface area contributed by atoms with Crippen molar-refractivity contribution < 1.29 is 0 Å². The summed E-state index contributed by atoms with van der Waals surface area (Å²) in [6.45, 7) is 3.89. The molecule has 0 radical (unpaired) electrons. The van der Waals surface area contributed by atoms with Crippen LogP contribution in [0.1, 0.15) is 12.5 Å². The highest BCUT2D eigenvalue weighted by Gasteiger charge is 2.12. The maximum absolute atomic E-state index is 8.82. The molecule has 0 spiro atoms. The second-order valence-corrected chi connectivity index (χ2v) is 4.97. The van der Waals surface area contributed by atoms with Gasteiger partial charge in [0.2, 0.25) is 0 Å². The first-order valence-electron chi connectivity index (χ1n) is 5.24. The summed E-state index contributed by atoms with van der Waals surface area (Å²) in [6, 6.07) is 10.2. The number of nitrogens with zero attached hydrogens (tertiary/aromatic N) is 4. The topological polar surface area (TPSA) is 54.5 Å². The van der Waals surface area contributed by atoms with E-state index in [4.69, 9.17) is 5.26 Å². The number of para-hydroxylation sites is 1. The van der Waals surface area contributed by atoms with Crippen LogP contribution in [0.4, 0.5) is 0 Å². The van der Waals surface area contributed by atoms with Gasteiger partial charge in [-0.1, -0.05) is 30.0 Å². The third kappa shape index (κ3) is 2.48. The van der Waals surface area contributed by atoms with E-state index in [2.05, 4.69) is 16.3 Å². The first-order valence-corrected chi connectivity index (χ1v) is 6.12. The number of aryl methyl sites for hydroxylation is 1. The zero-order valence-electron chi connectivity index (χ0n) is 9.66. The maximum Gasteiger partial charge on any atom is 0.196 e. The minimum Gasteiger partial charge on any atom is -0.276 e. The highest BCUT2D eigenvalue weighted by molar-refractivity contribution is 8.00. The molecule has 0 aliphatic rings. The molecule has 5 heteroatoms.